The van der Waals surface area contributed by atoms with Crippen LogP contribution in [0, 0.1) is 12.7 Å². The lowest BCUT2D eigenvalue weighted by Gasteiger charge is -2.42. The predicted molar refractivity (Wildman–Crippen MR) is 162 cm³/mol. The maximum absolute atomic E-state index is 16.3. The van der Waals surface area contributed by atoms with Gasteiger partial charge >= 0.3 is 0 Å². The van der Waals surface area contributed by atoms with Gasteiger partial charge < -0.3 is 20.2 Å². The van der Waals surface area contributed by atoms with Crippen molar-refractivity contribution in [3.8, 4) is 0 Å². The lowest BCUT2D eigenvalue weighted by Crippen LogP contribution is -2.58. The summed E-state index contributed by atoms with van der Waals surface area (Å²) in [4.78, 5) is 13.3. The summed E-state index contributed by atoms with van der Waals surface area (Å²) in [7, 11) is 1.46. The van der Waals surface area contributed by atoms with Crippen LogP contribution in [0.5, 0.6) is 0 Å². The molecule has 1 aromatic heterocycles. The van der Waals surface area contributed by atoms with Gasteiger partial charge in [0.15, 0.2) is 11.6 Å². The number of hydrogen-bond acceptors (Lipinski definition) is 8. The van der Waals surface area contributed by atoms with Crippen molar-refractivity contribution in [1.29, 1.82) is 0 Å². The largest absolute Gasteiger partial charge is 0.508 e. The Morgan fingerprint density at radius 2 is 1.95 bits per heavy atom. The van der Waals surface area contributed by atoms with Gasteiger partial charge in [-0.2, -0.15) is 9.35 Å². The van der Waals surface area contributed by atoms with E-state index in [4.69, 9.17) is 11.6 Å². The van der Waals surface area contributed by atoms with Gasteiger partial charge in [0.05, 0.1) is 20.1 Å². The molecule has 5 rings (SSSR count). The lowest BCUT2D eigenvalue weighted by molar-refractivity contribution is 0.245. The summed E-state index contributed by atoms with van der Waals surface area (Å²) in [6.45, 7) is 6.21. The van der Waals surface area contributed by atoms with E-state index in [0.717, 1.165) is 11.1 Å². The zero-order valence-corrected chi connectivity index (χ0v) is 24.7. The number of aliphatic hydroxyl groups is 1. The number of allylic oxidation sites excluding steroid dienone is 2. The number of hydrogen-bond donors (Lipinski definition) is 2. The third-order valence-corrected chi connectivity index (χ3v) is 9.91. The Hall–Kier alpha value is -3.05. The molecule has 0 radical (unpaired) electrons. The van der Waals surface area contributed by atoms with Crippen molar-refractivity contribution in [2.24, 2.45) is 4.36 Å². The fourth-order valence-electron chi connectivity index (χ4n) is 4.87. The van der Waals surface area contributed by atoms with E-state index in [0.29, 0.717) is 60.6 Å². The Balaban J connectivity index is 1.63. The highest BCUT2D eigenvalue weighted by Crippen LogP contribution is 2.38. The molecule has 0 unspecified atom stereocenters. The molecule has 2 aromatic carbocycles. The van der Waals surface area contributed by atoms with Crippen molar-refractivity contribution in [2.45, 2.75) is 19.9 Å². The smallest absolute Gasteiger partial charge is 0.228 e. The standard InChI is InChI=1S/C29H34ClFN6O2S/c1-18-7-5-6-8-20(18)14-22(38)13-19(2)25-24(30)15-23-27(26(25)31)33-29(37-16-21(17-37)36(3)4)34-28(23)35-40(39)11-9-32-10-12-40/h5-8,13-15,21,32,38H,9-12,16-17H2,1-4H3/b19-13+,22-14+. The SMILES string of the molecule is C/C(=C\C(O)=C/c1ccccc1C)c1c(Cl)cc2c(N=S3(=O)CCNCC3)nc(N3CC(N(C)C)C3)nc2c1F. The van der Waals surface area contributed by atoms with Crippen LogP contribution in [0.25, 0.3) is 22.6 Å². The molecule has 2 fully saturated rings. The quantitative estimate of drug-likeness (QED) is 0.304. The van der Waals surface area contributed by atoms with Crippen molar-refractivity contribution in [1.82, 2.24) is 20.2 Å². The highest BCUT2D eigenvalue weighted by Gasteiger charge is 2.32. The number of anilines is 1. The average molecular weight is 585 g/mol. The molecule has 0 bridgehead atoms. The molecule has 2 saturated heterocycles. The molecule has 0 amide bonds. The van der Waals surface area contributed by atoms with E-state index in [1.54, 1.807) is 19.1 Å². The number of rotatable bonds is 6. The van der Waals surface area contributed by atoms with Crippen LogP contribution < -0.4 is 10.2 Å². The Morgan fingerprint density at radius 1 is 1.25 bits per heavy atom. The van der Waals surface area contributed by atoms with Crippen LogP contribution in [0.2, 0.25) is 5.02 Å². The normalized spacial score (nSPS) is 18.3. The molecular formula is C29H34ClFN6O2S. The summed E-state index contributed by atoms with van der Waals surface area (Å²) in [5.41, 5.74) is 2.49. The molecule has 0 aliphatic carbocycles. The molecule has 8 nitrogen and oxygen atoms in total. The molecule has 2 aliphatic rings. The zero-order valence-electron chi connectivity index (χ0n) is 23.1. The minimum atomic E-state index is -2.56. The number of likely N-dealkylation sites (N-methyl/N-ethyl adjacent to an activating group) is 1. The van der Waals surface area contributed by atoms with Crippen LogP contribution in [0.4, 0.5) is 16.2 Å². The van der Waals surface area contributed by atoms with Crippen LogP contribution in [-0.2, 0) is 9.73 Å². The van der Waals surface area contributed by atoms with Gasteiger partial charge in [0, 0.05) is 49.3 Å². The van der Waals surface area contributed by atoms with Crippen molar-refractivity contribution in [3.63, 3.8) is 0 Å². The molecule has 3 heterocycles. The molecule has 0 atom stereocenters. The Kier molecular flexibility index (Phi) is 8.15. The second-order valence-electron chi connectivity index (χ2n) is 10.6. The summed E-state index contributed by atoms with van der Waals surface area (Å²) in [5.74, 6) is 0.657. The Bertz CT molecular complexity index is 1630. The van der Waals surface area contributed by atoms with Gasteiger partial charge in [0.2, 0.25) is 5.95 Å². The average Bonchev–Trinajstić information content (AvgIpc) is 2.85. The van der Waals surface area contributed by atoms with Crippen molar-refractivity contribution in [2.75, 3.05) is 56.7 Å². The second kappa shape index (κ2) is 11.4. The molecule has 2 aliphatic heterocycles. The summed E-state index contributed by atoms with van der Waals surface area (Å²) in [5, 5.41) is 14.3. The summed E-state index contributed by atoms with van der Waals surface area (Å²) in [6.07, 6.45) is 3.11. The maximum Gasteiger partial charge on any atom is 0.228 e. The third kappa shape index (κ3) is 5.85. The number of nitrogens with zero attached hydrogens (tertiary/aromatic N) is 5. The first-order valence-corrected chi connectivity index (χ1v) is 15.5. The molecule has 40 heavy (non-hydrogen) atoms. The fourth-order valence-corrected chi connectivity index (χ4v) is 6.98. The number of aromatic nitrogens is 2. The highest BCUT2D eigenvalue weighted by atomic mass is 35.5. The summed E-state index contributed by atoms with van der Waals surface area (Å²) in [6, 6.07) is 9.57. The molecule has 0 saturated carbocycles. The van der Waals surface area contributed by atoms with E-state index in [1.807, 2.05) is 50.2 Å². The first-order chi connectivity index (χ1) is 19.0. The van der Waals surface area contributed by atoms with Gasteiger partial charge in [-0.15, -0.1) is 0 Å². The predicted octanol–water partition coefficient (Wildman–Crippen LogP) is 5.19. The van der Waals surface area contributed by atoms with Crippen LogP contribution in [-0.4, -0.2) is 82.0 Å². The van der Waals surface area contributed by atoms with Gasteiger partial charge in [-0.05, 0) is 62.9 Å². The lowest BCUT2D eigenvalue weighted by atomic mass is 10.0. The van der Waals surface area contributed by atoms with Gasteiger partial charge in [-0.25, -0.2) is 13.6 Å². The first-order valence-electron chi connectivity index (χ1n) is 13.2. The molecular weight excluding hydrogens is 551 g/mol. The van der Waals surface area contributed by atoms with Crippen LogP contribution >= 0.6 is 11.6 Å². The number of aryl methyl sites for hydroxylation is 1. The molecule has 2 N–H and O–H groups in total. The van der Waals surface area contributed by atoms with Crippen LogP contribution in [0.15, 0.2) is 46.5 Å². The Labute approximate surface area is 239 Å². The zero-order chi connectivity index (χ0) is 28.6. The number of aliphatic hydroxyl groups excluding tert-OH is 1. The number of nitrogens with one attached hydrogen (secondary N) is 1. The number of fused-ring (bicyclic) bond motifs is 1. The van der Waals surface area contributed by atoms with E-state index >= 15 is 4.39 Å². The van der Waals surface area contributed by atoms with E-state index in [2.05, 4.69) is 24.5 Å². The van der Waals surface area contributed by atoms with Crippen molar-refractivity contribution in [3.05, 3.63) is 69.7 Å². The van der Waals surface area contributed by atoms with Crippen molar-refractivity contribution >= 4 is 55.6 Å². The van der Waals surface area contributed by atoms with E-state index in [9.17, 15) is 9.32 Å². The summed E-state index contributed by atoms with van der Waals surface area (Å²) >= 11 is 6.64. The van der Waals surface area contributed by atoms with Crippen LogP contribution in [0.1, 0.15) is 23.6 Å². The Morgan fingerprint density at radius 3 is 2.62 bits per heavy atom. The number of benzene rings is 2. The van der Waals surface area contributed by atoms with Gasteiger partial charge in [-0.1, -0.05) is 35.9 Å². The second-order valence-corrected chi connectivity index (χ2v) is 13.5. The molecule has 3 aromatic rings. The first kappa shape index (κ1) is 28.5. The highest BCUT2D eigenvalue weighted by molar-refractivity contribution is 7.93. The minimum Gasteiger partial charge on any atom is -0.508 e. The topological polar surface area (TPSA) is 94.0 Å². The van der Waals surface area contributed by atoms with E-state index < -0.39 is 15.5 Å². The maximum atomic E-state index is 16.3. The number of halogens is 2. The van der Waals surface area contributed by atoms with Crippen molar-refractivity contribution < 1.29 is 13.7 Å². The minimum absolute atomic E-state index is 0.0282. The molecule has 212 valence electrons. The summed E-state index contributed by atoms with van der Waals surface area (Å²) < 4.78 is 34.4. The van der Waals surface area contributed by atoms with E-state index in [-0.39, 0.29) is 27.7 Å². The fraction of sp³-hybridized carbons (Fsp3) is 0.379. The monoisotopic (exact) mass is 584 g/mol. The van der Waals surface area contributed by atoms with Gasteiger partial charge in [0.1, 0.15) is 11.3 Å². The van der Waals surface area contributed by atoms with E-state index in [1.165, 1.54) is 6.08 Å². The molecule has 11 heteroatoms. The van der Waals surface area contributed by atoms with Gasteiger partial charge in [0.25, 0.3) is 0 Å². The van der Waals surface area contributed by atoms with Gasteiger partial charge in [-0.3, -0.25) is 0 Å². The molecule has 0 spiro atoms. The van der Waals surface area contributed by atoms with Crippen LogP contribution in [0.3, 0.4) is 0 Å². The third-order valence-electron chi connectivity index (χ3n) is 7.43.